The molecule has 101 valence electrons. The third-order valence-corrected chi connectivity index (χ3v) is 4.11. The minimum Gasteiger partial charge on any atom is -0.372 e. The molecule has 1 nitrogen and oxygen atoms in total. The fourth-order valence-corrected chi connectivity index (χ4v) is 3.30. The van der Waals surface area contributed by atoms with Gasteiger partial charge in [0.15, 0.2) is 0 Å². The Morgan fingerprint density at radius 3 is 2.59 bits per heavy atom. The van der Waals surface area contributed by atoms with E-state index in [1.54, 1.807) is 0 Å². The first-order valence-corrected chi connectivity index (χ1v) is 7.21. The van der Waals surface area contributed by atoms with Crippen LogP contribution in [0, 0.1) is 17.8 Å². The average molecular weight is 239 g/mol. The van der Waals surface area contributed by atoms with Crippen LogP contribution >= 0.6 is 0 Å². The van der Waals surface area contributed by atoms with Crippen LogP contribution in [0.4, 0.5) is 0 Å². The average Bonchev–Trinajstić information content (AvgIpc) is 2.14. The highest BCUT2D eigenvalue weighted by Gasteiger charge is 2.33. The summed E-state index contributed by atoms with van der Waals surface area (Å²) in [6.45, 7) is 13.6. The number of hydrogen-bond acceptors (Lipinski definition) is 1. The lowest BCUT2D eigenvalue weighted by molar-refractivity contribution is -0.0992. The highest BCUT2D eigenvalue weighted by atomic mass is 16.5. The van der Waals surface area contributed by atoms with Gasteiger partial charge in [-0.3, -0.25) is 0 Å². The van der Waals surface area contributed by atoms with Crippen LogP contribution in [0.5, 0.6) is 0 Å². The molecular weight excluding hydrogens is 208 g/mol. The third kappa shape index (κ3) is 4.99. The van der Waals surface area contributed by atoms with Crippen molar-refractivity contribution in [3.8, 4) is 0 Å². The van der Waals surface area contributed by atoms with Gasteiger partial charge in [-0.1, -0.05) is 27.2 Å². The normalized spacial score (nSPS) is 26.8. The van der Waals surface area contributed by atoms with Gasteiger partial charge in [0.25, 0.3) is 0 Å². The number of ether oxygens (including phenoxy) is 1. The molecule has 0 heterocycles. The van der Waals surface area contributed by atoms with E-state index < -0.39 is 0 Å². The maximum Gasteiger partial charge on any atom is 0.0632 e. The second-order valence-corrected chi connectivity index (χ2v) is 7.22. The summed E-state index contributed by atoms with van der Waals surface area (Å²) in [5.41, 5.74) is 0.511. The van der Waals surface area contributed by atoms with Crippen LogP contribution in [0.2, 0.25) is 0 Å². The predicted molar refractivity (Wildman–Crippen MR) is 75.0 cm³/mol. The van der Waals surface area contributed by atoms with Gasteiger partial charge in [-0.25, -0.2) is 0 Å². The molecule has 0 amide bonds. The molecule has 0 aromatic rings. The highest BCUT2D eigenvalue weighted by Crippen LogP contribution is 2.41. The Labute approximate surface area is 108 Å². The fourth-order valence-electron chi connectivity index (χ4n) is 3.30. The standard InChI is InChI=1S/C16H31O/c1-7-10-16(5,6)17-13(2)14-9-8-11-15(3,4)12-14/h7,13-14H,8-12H2,1-6H3. The molecule has 1 saturated carbocycles. The molecule has 0 N–H and O–H groups in total. The van der Waals surface area contributed by atoms with Gasteiger partial charge in [0, 0.05) is 0 Å². The van der Waals surface area contributed by atoms with E-state index in [-0.39, 0.29) is 5.60 Å². The van der Waals surface area contributed by atoms with Crippen molar-refractivity contribution in [2.45, 2.75) is 85.4 Å². The summed E-state index contributed by atoms with van der Waals surface area (Å²) < 4.78 is 6.28. The maximum atomic E-state index is 6.28. The number of hydrogen-bond donors (Lipinski definition) is 0. The molecule has 2 unspecified atom stereocenters. The van der Waals surface area contributed by atoms with Crippen LogP contribution in [0.15, 0.2) is 0 Å². The Bertz CT molecular complexity index is 230. The zero-order valence-electron chi connectivity index (χ0n) is 12.7. The third-order valence-electron chi connectivity index (χ3n) is 4.11. The molecule has 0 bridgehead atoms. The van der Waals surface area contributed by atoms with Crippen molar-refractivity contribution < 1.29 is 4.74 Å². The first-order valence-electron chi connectivity index (χ1n) is 7.21. The largest absolute Gasteiger partial charge is 0.372 e. The van der Waals surface area contributed by atoms with Crippen molar-refractivity contribution >= 4 is 0 Å². The molecule has 1 rings (SSSR count). The predicted octanol–water partition coefficient (Wildman–Crippen LogP) is 5.00. The molecule has 1 aliphatic carbocycles. The van der Waals surface area contributed by atoms with E-state index in [1.165, 1.54) is 25.7 Å². The van der Waals surface area contributed by atoms with Gasteiger partial charge in [0.05, 0.1) is 11.7 Å². The van der Waals surface area contributed by atoms with E-state index in [2.05, 4.69) is 48.0 Å². The molecule has 0 aromatic carbocycles. The molecule has 1 radical (unpaired) electrons. The van der Waals surface area contributed by atoms with Gasteiger partial charge in [0.2, 0.25) is 0 Å². The smallest absolute Gasteiger partial charge is 0.0632 e. The van der Waals surface area contributed by atoms with Crippen molar-refractivity contribution in [3.05, 3.63) is 6.42 Å². The fraction of sp³-hybridized carbons (Fsp3) is 0.938. The lowest BCUT2D eigenvalue weighted by Gasteiger charge is -2.40. The van der Waals surface area contributed by atoms with Gasteiger partial charge in [0.1, 0.15) is 0 Å². The van der Waals surface area contributed by atoms with Crippen LogP contribution in [-0.2, 0) is 4.74 Å². The van der Waals surface area contributed by atoms with E-state index in [0.29, 0.717) is 11.5 Å². The van der Waals surface area contributed by atoms with Crippen LogP contribution in [0.3, 0.4) is 0 Å². The zero-order chi connectivity index (χ0) is 13.1. The Hall–Kier alpha value is -0.0400. The van der Waals surface area contributed by atoms with Crippen LogP contribution < -0.4 is 0 Å². The summed E-state index contributed by atoms with van der Waals surface area (Å²) in [6, 6.07) is 0. The second-order valence-electron chi connectivity index (χ2n) is 7.22. The first kappa shape index (κ1) is 15.0. The molecule has 1 aliphatic rings. The van der Waals surface area contributed by atoms with Gasteiger partial charge in [-0.05, 0) is 64.2 Å². The minimum atomic E-state index is -0.00421. The van der Waals surface area contributed by atoms with E-state index >= 15 is 0 Å². The highest BCUT2D eigenvalue weighted by molar-refractivity contribution is 4.84. The Kier molecular flexibility index (Phi) is 5.07. The molecule has 0 spiro atoms. The van der Waals surface area contributed by atoms with Crippen molar-refractivity contribution in [1.29, 1.82) is 0 Å². The lowest BCUT2D eigenvalue weighted by atomic mass is 9.70. The quantitative estimate of drug-likeness (QED) is 0.656. The summed E-state index contributed by atoms with van der Waals surface area (Å²) in [5.74, 6) is 0.745. The van der Waals surface area contributed by atoms with Crippen molar-refractivity contribution in [2.75, 3.05) is 0 Å². The zero-order valence-corrected chi connectivity index (χ0v) is 12.7. The monoisotopic (exact) mass is 239 g/mol. The van der Waals surface area contributed by atoms with E-state index in [4.69, 9.17) is 4.74 Å². The molecule has 0 aromatic heterocycles. The van der Waals surface area contributed by atoms with E-state index in [0.717, 1.165) is 12.3 Å². The summed E-state index contributed by atoms with van der Waals surface area (Å²) in [5, 5.41) is 0. The Morgan fingerprint density at radius 2 is 2.06 bits per heavy atom. The summed E-state index contributed by atoms with van der Waals surface area (Å²) >= 11 is 0. The maximum absolute atomic E-state index is 6.28. The van der Waals surface area contributed by atoms with E-state index in [9.17, 15) is 0 Å². The molecule has 0 saturated heterocycles. The summed E-state index contributed by atoms with van der Waals surface area (Å²) in [6.07, 6.45) is 9.04. The summed E-state index contributed by atoms with van der Waals surface area (Å²) in [7, 11) is 0. The minimum absolute atomic E-state index is 0.00421. The summed E-state index contributed by atoms with van der Waals surface area (Å²) in [4.78, 5) is 0. The van der Waals surface area contributed by atoms with Crippen LogP contribution in [0.25, 0.3) is 0 Å². The molecule has 17 heavy (non-hydrogen) atoms. The van der Waals surface area contributed by atoms with Crippen LogP contribution in [-0.4, -0.2) is 11.7 Å². The van der Waals surface area contributed by atoms with Crippen molar-refractivity contribution in [1.82, 2.24) is 0 Å². The SMILES string of the molecule is C[CH]CC(C)(C)OC(C)C1CCCC(C)(C)C1. The molecule has 1 fully saturated rings. The first-order chi connectivity index (χ1) is 7.76. The molecular formula is C16H31O. The molecule has 2 atom stereocenters. The van der Waals surface area contributed by atoms with E-state index in [1.807, 2.05) is 0 Å². The lowest BCUT2D eigenvalue weighted by Crippen LogP contribution is -2.36. The Balaban J connectivity index is 2.49. The van der Waals surface area contributed by atoms with Gasteiger partial charge >= 0.3 is 0 Å². The second kappa shape index (κ2) is 5.73. The van der Waals surface area contributed by atoms with Gasteiger partial charge in [-0.2, -0.15) is 0 Å². The molecule has 0 aliphatic heterocycles. The van der Waals surface area contributed by atoms with Gasteiger partial charge < -0.3 is 4.74 Å². The van der Waals surface area contributed by atoms with Crippen LogP contribution in [0.1, 0.15) is 73.6 Å². The van der Waals surface area contributed by atoms with Crippen molar-refractivity contribution in [3.63, 3.8) is 0 Å². The number of rotatable bonds is 5. The molecule has 1 heteroatoms. The Morgan fingerprint density at radius 1 is 1.41 bits per heavy atom. The topological polar surface area (TPSA) is 9.23 Å². The van der Waals surface area contributed by atoms with Gasteiger partial charge in [-0.15, -0.1) is 0 Å². The van der Waals surface area contributed by atoms with Crippen molar-refractivity contribution in [2.24, 2.45) is 11.3 Å².